The summed E-state index contributed by atoms with van der Waals surface area (Å²) in [6.45, 7) is 1.01. The fourth-order valence-electron chi connectivity index (χ4n) is 3.04. The summed E-state index contributed by atoms with van der Waals surface area (Å²) in [5.74, 6) is -0.638. The van der Waals surface area contributed by atoms with Crippen LogP contribution in [0, 0.1) is 5.82 Å². The van der Waals surface area contributed by atoms with Crippen LogP contribution in [0.4, 0.5) is 10.1 Å². The summed E-state index contributed by atoms with van der Waals surface area (Å²) >= 11 is 0. The van der Waals surface area contributed by atoms with Crippen LogP contribution in [0.2, 0.25) is 0 Å². The molecular weight excluding hydrogens is 329 g/mol. The number of carbonyl (C=O) groups excluding carboxylic acids is 1. The summed E-state index contributed by atoms with van der Waals surface area (Å²) in [7, 11) is 0. The first kappa shape index (κ1) is 18.1. The van der Waals surface area contributed by atoms with Gasteiger partial charge in [0.2, 0.25) is 0 Å². The number of anilines is 1. The lowest BCUT2D eigenvalue weighted by Gasteiger charge is -2.13. The third kappa shape index (κ3) is 5.15. The topological polar surface area (TPSA) is 54.0 Å². The van der Waals surface area contributed by atoms with Gasteiger partial charge >= 0.3 is 0 Å². The van der Waals surface area contributed by atoms with Crippen molar-refractivity contribution in [1.29, 1.82) is 0 Å². The molecule has 0 saturated heterocycles. The molecule has 2 N–H and O–H groups in total. The molecule has 1 aromatic heterocycles. The van der Waals surface area contributed by atoms with Crippen molar-refractivity contribution in [2.75, 3.05) is 11.9 Å². The number of halogens is 1. The van der Waals surface area contributed by atoms with Gasteiger partial charge in [0.1, 0.15) is 11.5 Å². The third-order valence-electron chi connectivity index (χ3n) is 4.55. The molecule has 136 valence electrons. The van der Waals surface area contributed by atoms with Gasteiger partial charge in [-0.1, -0.05) is 29.8 Å². The lowest BCUT2D eigenvalue weighted by Crippen LogP contribution is -2.24. The van der Waals surface area contributed by atoms with Crippen LogP contribution in [0.5, 0.6) is 0 Å². The smallest absolute Gasteiger partial charge is 0.270 e. The summed E-state index contributed by atoms with van der Waals surface area (Å²) in [4.78, 5) is 16.3. The average Bonchev–Trinajstić information content (AvgIpc) is 2.68. The number of allylic oxidation sites excluding steroid dienone is 1. The van der Waals surface area contributed by atoms with Crippen LogP contribution in [0.3, 0.4) is 0 Å². The Morgan fingerprint density at radius 3 is 2.77 bits per heavy atom. The molecule has 1 aliphatic carbocycles. The zero-order valence-corrected chi connectivity index (χ0v) is 14.8. The van der Waals surface area contributed by atoms with E-state index in [2.05, 4.69) is 21.7 Å². The number of pyridine rings is 1. The standard InChI is InChI=1S/C21H24FN3O/c22-19-9-5-4-8-17(19)14-25-21(26)20-11-10-18(15-24-20)23-13-12-16-6-2-1-3-7-16/h4-6,8-11,15,23H,1-3,7,12-14H2,(H,25,26). The second-order valence-electron chi connectivity index (χ2n) is 6.49. The predicted octanol–water partition coefficient (Wildman–Crippen LogP) is 4.45. The molecule has 0 aliphatic heterocycles. The fraction of sp³-hybridized carbons (Fsp3) is 0.333. The van der Waals surface area contributed by atoms with Gasteiger partial charge in [-0.2, -0.15) is 0 Å². The van der Waals surface area contributed by atoms with Crippen molar-refractivity contribution in [3.05, 3.63) is 71.3 Å². The van der Waals surface area contributed by atoms with Crippen molar-refractivity contribution in [1.82, 2.24) is 10.3 Å². The van der Waals surface area contributed by atoms with Gasteiger partial charge in [-0.3, -0.25) is 4.79 Å². The highest BCUT2D eigenvalue weighted by Gasteiger charge is 2.09. The highest BCUT2D eigenvalue weighted by Crippen LogP contribution is 2.20. The number of aromatic nitrogens is 1. The van der Waals surface area contributed by atoms with E-state index in [0.717, 1.165) is 18.7 Å². The number of hydrogen-bond acceptors (Lipinski definition) is 3. The van der Waals surface area contributed by atoms with Gasteiger partial charge in [0.15, 0.2) is 0 Å². The quantitative estimate of drug-likeness (QED) is 0.723. The Balaban J connectivity index is 1.46. The van der Waals surface area contributed by atoms with E-state index in [-0.39, 0.29) is 18.3 Å². The average molecular weight is 353 g/mol. The zero-order chi connectivity index (χ0) is 18.2. The first-order valence-corrected chi connectivity index (χ1v) is 9.12. The molecule has 0 unspecified atom stereocenters. The number of benzene rings is 1. The summed E-state index contributed by atoms with van der Waals surface area (Å²) in [5, 5.41) is 6.03. The predicted molar refractivity (Wildman–Crippen MR) is 101 cm³/mol. The van der Waals surface area contributed by atoms with Gasteiger partial charge < -0.3 is 10.6 Å². The SMILES string of the molecule is O=C(NCc1ccccc1F)c1ccc(NCCC2=CCCCC2)cn1. The summed E-state index contributed by atoms with van der Waals surface area (Å²) in [5.41, 5.74) is 3.20. The van der Waals surface area contributed by atoms with Gasteiger partial charge in [-0.25, -0.2) is 9.37 Å². The molecule has 1 amide bonds. The molecule has 0 atom stereocenters. The van der Waals surface area contributed by atoms with Gasteiger partial charge in [-0.05, 0) is 50.3 Å². The van der Waals surface area contributed by atoms with Crippen molar-refractivity contribution in [3.63, 3.8) is 0 Å². The van der Waals surface area contributed by atoms with E-state index in [0.29, 0.717) is 11.3 Å². The Bertz CT molecular complexity index is 771. The molecule has 0 fully saturated rings. The first-order valence-electron chi connectivity index (χ1n) is 9.12. The number of nitrogens with zero attached hydrogens (tertiary/aromatic N) is 1. The van der Waals surface area contributed by atoms with Crippen molar-refractivity contribution >= 4 is 11.6 Å². The Hall–Kier alpha value is -2.69. The Labute approximate surface area is 153 Å². The number of rotatable bonds is 7. The molecule has 0 spiro atoms. The number of carbonyl (C=O) groups is 1. The highest BCUT2D eigenvalue weighted by molar-refractivity contribution is 5.92. The summed E-state index contributed by atoms with van der Waals surface area (Å²) < 4.78 is 13.6. The maximum absolute atomic E-state index is 13.6. The van der Waals surface area contributed by atoms with Crippen molar-refractivity contribution in [3.8, 4) is 0 Å². The van der Waals surface area contributed by atoms with Crippen LogP contribution >= 0.6 is 0 Å². The first-order chi connectivity index (χ1) is 12.7. The summed E-state index contributed by atoms with van der Waals surface area (Å²) in [6, 6.07) is 9.92. The molecule has 2 aromatic rings. The largest absolute Gasteiger partial charge is 0.383 e. The van der Waals surface area contributed by atoms with E-state index in [9.17, 15) is 9.18 Å². The van der Waals surface area contributed by atoms with E-state index in [1.807, 2.05) is 6.07 Å². The van der Waals surface area contributed by atoms with Crippen LogP contribution in [0.15, 0.2) is 54.2 Å². The molecule has 1 heterocycles. The maximum Gasteiger partial charge on any atom is 0.270 e. The third-order valence-corrected chi connectivity index (χ3v) is 4.55. The number of amides is 1. The Kier molecular flexibility index (Phi) is 6.36. The Morgan fingerprint density at radius 2 is 2.04 bits per heavy atom. The molecule has 0 bridgehead atoms. The minimum absolute atomic E-state index is 0.141. The van der Waals surface area contributed by atoms with E-state index < -0.39 is 0 Å². The molecule has 5 heteroatoms. The molecule has 0 radical (unpaired) electrons. The molecule has 4 nitrogen and oxygen atoms in total. The molecule has 1 aliphatic rings. The second-order valence-corrected chi connectivity index (χ2v) is 6.49. The minimum Gasteiger partial charge on any atom is -0.383 e. The number of hydrogen-bond donors (Lipinski definition) is 2. The van der Waals surface area contributed by atoms with E-state index >= 15 is 0 Å². The van der Waals surface area contributed by atoms with Crippen molar-refractivity contribution < 1.29 is 9.18 Å². The van der Waals surface area contributed by atoms with Crippen molar-refractivity contribution in [2.24, 2.45) is 0 Å². The normalized spacial score (nSPS) is 13.8. The minimum atomic E-state index is -0.326. The van der Waals surface area contributed by atoms with Crippen LogP contribution in [-0.4, -0.2) is 17.4 Å². The van der Waals surface area contributed by atoms with Crippen LogP contribution in [0.1, 0.15) is 48.2 Å². The lowest BCUT2D eigenvalue weighted by atomic mass is 9.97. The van der Waals surface area contributed by atoms with Gasteiger partial charge in [-0.15, -0.1) is 0 Å². The van der Waals surface area contributed by atoms with E-state index in [4.69, 9.17) is 0 Å². The molecular formula is C21H24FN3O. The monoisotopic (exact) mass is 353 g/mol. The van der Waals surface area contributed by atoms with Crippen LogP contribution < -0.4 is 10.6 Å². The maximum atomic E-state index is 13.6. The molecule has 26 heavy (non-hydrogen) atoms. The van der Waals surface area contributed by atoms with Crippen LogP contribution in [-0.2, 0) is 6.54 Å². The highest BCUT2D eigenvalue weighted by atomic mass is 19.1. The van der Waals surface area contributed by atoms with E-state index in [1.54, 1.807) is 30.5 Å². The second kappa shape index (κ2) is 9.13. The van der Waals surface area contributed by atoms with Crippen molar-refractivity contribution in [2.45, 2.75) is 38.6 Å². The van der Waals surface area contributed by atoms with Gasteiger partial charge in [0.05, 0.1) is 11.9 Å². The lowest BCUT2D eigenvalue weighted by molar-refractivity contribution is 0.0945. The summed E-state index contributed by atoms with van der Waals surface area (Å²) in [6.07, 6.45) is 10.1. The molecule has 0 saturated carbocycles. The van der Waals surface area contributed by atoms with Gasteiger partial charge in [0, 0.05) is 18.7 Å². The van der Waals surface area contributed by atoms with Crippen LogP contribution in [0.25, 0.3) is 0 Å². The fourth-order valence-corrected chi connectivity index (χ4v) is 3.04. The van der Waals surface area contributed by atoms with Gasteiger partial charge in [0.25, 0.3) is 5.91 Å². The van der Waals surface area contributed by atoms with E-state index in [1.165, 1.54) is 37.3 Å². The Morgan fingerprint density at radius 1 is 1.15 bits per heavy atom. The molecule has 3 rings (SSSR count). The molecule has 1 aromatic carbocycles. The zero-order valence-electron chi connectivity index (χ0n) is 14.8. The number of nitrogens with one attached hydrogen (secondary N) is 2.